The van der Waals surface area contributed by atoms with Crippen molar-refractivity contribution in [1.29, 1.82) is 0 Å². The molecular formula is C11H10N2O. The Labute approximate surface area is 81.8 Å². The van der Waals surface area contributed by atoms with Crippen LogP contribution in [-0.2, 0) is 0 Å². The van der Waals surface area contributed by atoms with Crippen LogP contribution in [0.4, 0.5) is 0 Å². The number of hydrogen-bond donors (Lipinski definition) is 0. The Morgan fingerprint density at radius 1 is 1.43 bits per heavy atom. The lowest BCUT2D eigenvalue weighted by molar-refractivity contribution is 0.101. The van der Waals surface area contributed by atoms with E-state index in [1.165, 1.54) is 0 Å². The summed E-state index contributed by atoms with van der Waals surface area (Å²) in [5.74, 6) is 0.0424. The number of fused-ring (bicyclic) bond motifs is 1. The fourth-order valence-electron chi connectivity index (χ4n) is 1.47. The van der Waals surface area contributed by atoms with Crippen LogP contribution in [0.3, 0.4) is 0 Å². The molecule has 0 bridgehead atoms. The molecule has 2 aromatic heterocycles. The predicted molar refractivity (Wildman–Crippen MR) is 54.3 cm³/mol. The number of carbonyl (C=O) groups excluding carboxylic acids is 1. The Hall–Kier alpha value is -1.77. The monoisotopic (exact) mass is 186 g/mol. The largest absolute Gasteiger partial charge is 0.294 e. The number of rotatable bonds is 1. The molecule has 2 rings (SSSR count). The van der Waals surface area contributed by atoms with Gasteiger partial charge in [0.15, 0.2) is 5.78 Å². The molecule has 3 nitrogen and oxygen atoms in total. The van der Waals surface area contributed by atoms with Gasteiger partial charge in [0.2, 0.25) is 0 Å². The number of pyridine rings is 2. The normalized spacial score (nSPS) is 10.4. The van der Waals surface area contributed by atoms with Crippen LogP contribution in [0, 0.1) is 6.92 Å². The fraction of sp³-hybridized carbons (Fsp3) is 0.182. The number of aromatic nitrogens is 2. The van der Waals surface area contributed by atoms with Crippen LogP contribution in [0.15, 0.2) is 24.5 Å². The van der Waals surface area contributed by atoms with E-state index in [2.05, 4.69) is 9.97 Å². The molecule has 2 aromatic rings. The van der Waals surface area contributed by atoms with Crippen molar-refractivity contribution >= 4 is 16.7 Å². The lowest BCUT2D eigenvalue weighted by atomic mass is 10.1. The molecular weight excluding hydrogens is 176 g/mol. The summed E-state index contributed by atoms with van der Waals surface area (Å²) in [6.07, 6.45) is 3.41. The summed E-state index contributed by atoms with van der Waals surface area (Å²) in [5, 5.41) is 0.906. The van der Waals surface area contributed by atoms with E-state index in [-0.39, 0.29) is 5.78 Å². The average molecular weight is 186 g/mol. The third-order valence-corrected chi connectivity index (χ3v) is 2.18. The third-order valence-electron chi connectivity index (χ3n) is 2.18. The topological polar surface area (TPSA) is 42.9 Å². The van der Waals surface area contributed by atoms with Crippen LogP contribution in [0.5, 0.6) is 0 Å². The van der Waals surface area contributed by atoms with E-state index in [1.54, 1.807) is 19.3 Å². The van der Waals surface area contributed by atoms with E-state index in [0.717, 1.165) is 16.6 Å². The minimum absolute atomic E-state index is 0.0424. The average Bonchev–Trinajstić information content (AvgIpc) is 2.16. The molecule has 0 aliphatic carbocycles. The van der Waals surface area contributed by atoms with E-state index in [1.807, 2.05) is 19.1 Å². The predicted octanol–water partition coefficient (Wildman–Crippen LogP) is 2.14. The molecule has 0 saturated carbocycles. The smallest absolute Gasteiger partial charge is 0.161 e. The second-order valence-corrected chi connectivity index (χ2v) is 3.25. The van der Waals surface area contributed by atoms with E-state index >= 15 is 0 Å². The first-order chi connectivity index (χ1) is 6.68. The summed E-state index contributed by atoms with van der Waals surface area (Å²) in [4.78, 5) is 19.6. The zero-order valence-corrected chi connectivity index (χ0v) is 8.11. The Morgan fingerprint density at radius 3 is 2.93 bits per heavy atom. The Morgan fingerprint density at radius 2 is 2.21 bits per heavy atom. The fourth-order valence-corrected chi connectivity index (χ4v) is 1.47. The molecule has 14 heavy (non-hydrogen) atoms. The van der Waals surface area contributed by atoms with Crippen LogP contribution in [0.2, 0.25) is 0 Å². The van der Waals surface area contributed by atoms with Crippen molar-refractivity contribution in [2.75, 3.05) is 0 Å². The maximum atomic E-state index is 11.2. The van der Waals surface area contributed by atoms with E-state index in [0.29, 0.717) is 5.56 Å². The minimum Gasteiger partial charge on any atom is -0.294 e. The first-order valence-electron chi connectivity index (χ1n) is 4.41. The van der Waals surface area contributed by atoms with Gasteiger partial charge in [-0.25, -0.2) is 0 Å². The molecule has 0 fully saturated rings. The molecule has 0 amide bonds. The molecule has 0 unspecified atom stereocenters. The quantitative estimate of drug-likeness (QED) is 0.641. The second kappa shape index (κ2) is 3.18. The van der Waals surface area contributed by atoms with Gasteiger partial charge >= 0.3 is 0 Å². The number of ketones is 1. The molecule has 2 heterocycles. The van der Waals surface area contributed by atoms with Crippen molar-refractivity contribution < 1.29 is 4.79 Å². The lowest BCUT2D eigenvalue weighted by Gasteiger charge is -2.03. The van der Waals surface area contributed by atoms with Gasteiger partial charge in [0.05, 0.1) is 5.52 Å². The Bertz CT molecular complexity index is 506. The van der Waals surface area contributed by atoms with Gasteiger partial charge in [-0.05, 0) is 26.0 Å². The molecule has 0 aliphatic heterocycles. The highest BCUT2D eigenvalue weighted by Crippen LogP contribution is 2.15. The highest BCUT2D eigenvalue weighted by atomic mass is 16.1. The van der Waals surface area contributed by atoms with Gasteiger partial charge in [-0.1, -0.05) is 0 Å². The van der Waals surface area contributed by atoms with E-state index < -0.39 is 0 Å². The van der Waals surface area contributed by atoms with Crippen molar-refractivity contribution in [3.05, 3.63) is 35.8 Å². The van der Waals surface area contributed by atoms with Crippen molar-refractivity contribution in [2.24, 2.45) is 0 Å². The van der Waals surface area contributed by atoms with Crippen molar-refractivity contribution in [2.45, 2.75) is 13.8 Å². The number of Topliss-reactive ketones (excluding diaryl/α,β-unsaturated/α-hetero) is 1. The highest BCUT2D eigenvalue weighted by molar-refractivity contribution is 5.98. The molecule has 3 heteroatoms. The summed E-state index contributed by atoms with van der Waals surface area (Å²) < 4.78 is 0. The molecule has 0 aliphatic rings. The van der Waals surface area contributed by atoms with Crippen molar-refractivity contribution in [1.82, 2.24) is 9.97 Å². The number of hydrogen-bond acceptors (Lipinski definition) is 3. The lowest BCUT2D eigenvalue weighted by Crippen LogP contribution is -1.99. The van der Waals surface area contributed by atoms with Crippen LogP contribution in [0.25, 0.3) is 10.9 Å². The molecule has 0 N–H and O–H groups in total. The molecule has 0 atom stereocenters. The zero-order valence-electron chi connectivity index (χ0n) is 8.11. The van der Waals surface area contributed by atoms with Crippen LogP contribution >= 0.6 is 0 Å². The maximum absolute atomic E-state index is 11.2. The number of carbonyl (C=O) groups is 1. The first-order valence-corrected chi connectivity index (χ1v) is 4.41. The van der Waals surface area contributed by atoms with Gasteiger partial charge in [-0.15, -0.1) is 0 Å². The third kappa shape index (κ3) is 1.37. The Kier molecular flexibility index (Phi) is 2.00. The molecule has 0 spiro atoms. The van der Waals surface area contributed by atoms with Gasteiger partial charge < -0.3 is 0 Å². The molecule has 0 aromatic carbocycles. The van der Waals surface area contributed by atoms with Crippen LogP contribution in [-0.4, -0.2) is 15.8 Å². The Balaban J connectivity index is 2.77. The SMILES string of the molecule is CC(=O)c1cc2cnccc2nc1C. The molecule has 70 valence electrons. The standard InChI is InChI=1S/C11H10N2O/c1-7-10(8(2)14)5-9-6-12-4-3-11(9)13-7/h3-6H,1-2H3. The molecule has 0 saturated heterocycles. The number of nitrogens with zero attached hydrogens (tertiary/aromatic N) is 2. The van der Waals surface area contributed by atoms with E-state index in [4.69, 9.17) is 0 Å². The zero-order chi connectivity index (χ0) is 10.1. The highest BCUT2D eigenvalue weighted by Gasteiger charge is 2.06. The van der Waals surface area contributed by atoms with Gasteiger partial charge in [0, 0.05) is 29.0 Å². The van der Waals surface area contributed by atoms with Gasteiger partial charge in [-0.2, -0.15) is 0 Å². The molecule has 0 radical (unpaired) electrons. The number of aryl methyl sites for hydroxylation is 1. The summed E-state index contributed by atoms with van der Waals surface area (Å²) >= 11 is 0. The summed E-state index contributed by atoms with van der Waals surface area (Å²) in [7, 11) is 0. The second-order valence-electron chi connectivity index (χ2n) is 3.25. The van der Waals surface area contributed by atoms with Crippen LogP contribution < -0.4 is 0 Å². The van der Waals surface area contributed by atoms with Crippen molar-refractivity contribution in [3.63, 3.8) is 0 Å². The van der Waals surface area contributed by atoms with E-state index in [9.17, 15) is 4.79 Å². The summed E-state index contributed by atoms with van der Waals surface area (Å²) in [6, 6.07) is 3.68. The summed E-state index contributed by atoms with van der Waals surface area (Å²) in [5.41, 5.74) is 2.32. The minimum atomic E-state index is 0.0424. The maximum Gasteiger partial charge on any atom is 0.161 e. The summed E-state index contributed by atoms with van der Waals surface area (Å²) in [6.45, 7) is 3.39. The van der Waals surface area contributed by atoms with Gasteiger partial charge in [0.25, 0.3) is 0 Å². The van der Waals surface area contributed by atoms with Gasteiger partial charge in [0.1, 0.15) is 0 Å². The van der Waals surface area contributed by atoms with Crippen molar-refractivity contribution in [3.8, 4) is 0 Å². The van der Waals surface area contributed by atoms with Crippen LogP contribution in [0.1, 0.15) is 23.0 Å². The first kappa shape index (κ1) is 8.81. The van der Waals surface area contributed by atoms with Gasteiger partial charge in [-0.3, -0.25) is 14.8 Å².